The Hall–Kier alpha value is -2.34. The number of anilines is 3. The molecular weight excluding hydrogens is 383 g/mol. The van der Waals surface area contributed by atoms with Crippen LogP contribution in [0.5, 0.6) is 0 Å². The number of aromatic nitrogens is 2. The molecule has 0 unspecified atom stereocenters. The molecule has 25 heavy (non-hydrogen) atoms. The van der Waals surface area contributed by atoms with Crippen molar-refractivity contribution in [2.75, 3.05) is 10.6 Å². The first-order valence-electron chi connectivity index (χ1n) is 7.13. The number of benzene rings is 2. The molecule has 0 saturated heterocycles. The van der Waals surface area contributed by atoms with Crippen molar-refractivity contribution in [3.8, 4) is 0 Å². The second-order valence-corrected chi connectivity index (χ2v) is 6.20. The maximum atomic E-state index is 12.2. The van der Waals surface area contributed by atoms with Crippen LogP contribution < -0.4 is 10.6 Å². The highest BCUT2D eigenvalue weighted by atomic mass is 35.5. The van der Waals surface area contributed by atoms with Gasteiger partial charge < -0.3 is 10.6 Å². The third-order valence-corrected chi connectivity index (χ3v) is 4.27. The summed E-state index contributed by atoms with van der Waals surface area (Å²) in [5.74, 6) is 0.0642. The molecule has 0 aliphatic heterocycles. The van der Waals surface area contributed by atoms with Gasteiger partial charge >= 0.3 is 0 Å². The van der Waals surface area contributed by atoms with Gasteiger partial charge in [0.2, 0.25) is 0 Å². The zero-order chi connectivity index (χ0) is 17.8. The predicted molar refractivity (Wildman–Crippen MR) is 101 cm³/mol. The average Bonchev–Trinajstić information content (AvgIpc) is 2.61. The van der Waals surface area contributed by atoms with Crippen molar-refractivity contribution in [1.29, 1.82) is 0 Å². The van der Waals surface area contributed by atoms with E-state index in [1.165, 1.54) is 12.4 Å². The second kappa shape index (κ2) is 7.70. The standard InChI is InChI=1S/C17H11Cl3N4O/c18-11-6-5-10(7-13(11)20)23-16-9-21-15(8-22-16)17(25)24-14-4-2-1-3-12(14)19/h1-9H,(H,22,23)(H,24,25). The highest BCUT2D eigenvalue weighted by molar-refractivity contribution is 6.42. The summed E-state index contributed by atoms with van der Waals surface area (Å²) >= 11 is 17.9. The number of amides is 1. The van der Waals surface area contributed by atoms with E-state index in [9.17, 15) is 4.79 Å². The molecule has 0 fully saturated rings. The van der Waals surface area contributed by atoms with E-state index in [1.807, 2.05) is 0 Å². The number of hydrogen-bond donors (Lipinski definition) is 2. The molecule has 0 aliphatic rings. The molecule has 1 heterocycles. The van der Waals surface area contributed by atoms with Crippen molar-refractivity contribution < 1.29 is 4.79 Å². The van der Waals surface area contributed by atoms with E-state index in [-0.39, 0.29) is 5.69 Å². The monoisotopic (exact) mass is 392 g/mol. The summed E-state index contributed by atoms with van der Waals surface area (Å²) in [5.41, 5.74) is 1.38. The molecule has 0 bridgehead atoms. The van der Waals surface area contributed by atoms with Gasteiger partial charge in [-0.15, -0.1) is 0 Å². The third-order valence-electron chi connectivity index (χ3n) is 3.20. The Balaban J connectivity index is 1.70. The Kier molecular flexibility index (Phi) is 5.38. The molecule has 3 aromatic rings. The Bertz CT molecular complexity index is 916. The molecule has 8 heteroatoms. The van der Waals surface area contributed by atoms with Crippen LogP contribution >= 0.6 is 34.8 Å². The molecule has 0 spiro atoms. The summed E-state index contributed by atoms with van der Waals surface area (Å²) < 4.78 is 0. The number of carbonyl (C=O) groups is 1. The zero-order valence-electron chi connectivity index (χ0n) is 12.6. The van der Waals surface area contributed by atoms with E-state index in [2.05, 4.69) is 20.6 Å². The Labute approximate surface area is 159 Å². The SMILES string of the molecule is O=C(Nc1ccccc1Cl)c1cnc(Nc2ccc(Cl)c(Cl)c2)cn1. The summed E-state index contributed by atoms with van der Waals surface area (Å²) in [6, 6.07) is 12.0. The maximum absolute atomic E-state index is 12.2. The summed E-state index contributed by atoms with van der Waals surface area (Å²) in [4.78, 5) is 20.5. The molecule has 2 N–H and O–H groups in total. The maximum Gasteiger partial charge on any atom is 0.275 e. The van der Waals surface area contributed by atoms with Crippen LogP contribution in [0.3, 0.4) is 0 Å². The Morgan fingerprint density at radius 1 is 0.880 bits per heavy atom. The fraction of sp³-hybridized carbons (Fsp3) is 0. The minimum Gasteiger partial charge on any atom is -0.339 e. The number of nitrogens with zero attached hydrogens (tertiary/aromatic N) is 2. The molecule has 2 aromatic carbocycles. The van der Waals surface area contributed by atoms with Crippen molar-refractivity contribution in [1.82, 2.24) is 9.97 Å². The molecule has 0 saturated carbocycles. The van der Waals surface area contributed by atoms with E-state index in [1.54, 1.807) is 42.5 Å². The summed E-state index contributed by atoms with van der Waals surface area (Å²) in [5, 5.41) is 7.05. The second-order valence-electron chi connectivity index (χ2n) is 4.97. The minimum atomic E-state index is -0.401. The predicted octanol–water partition coefficient (Wildman–Crippen LogP) is 5.43. The number of para-hydroxylation sites is 1. The Morgan fingerprint density at radius 3 is 2.36 bits per heavy atom. The fourth-order valence-electron chi connectivity index (χ4n) is 1.98. The first-order valence-corrected chi connectivity index (χ1v) is 8.26. The summed E-state index contributed by atoms with van der Waals surface area (Å²) in [6.07, 6.45) is 2.82. The summed E-state index contributed by atoms with van der Waals surface area (Å²) in [6.45, 7) is 0. The van der Waals surface area contributed by atoms with Gasteiger partial charge in [-0.05, 0) is 30.3 Å². The minimum absolute atomic E-state index is 0.166. The van der Waals surface area contributed by atoms with Gasteiger partial charge in [-0.2, -0.15) is 0 Å². The van der Waals surface area contributed by atoms with Crippen LogP contribution in [-0.2, 0) is 0 Å². The molecule has 1 aromatic heterocycles. The number of nitrogens with one attached hydrogen (secondary N) is 2. The number of hydrogen-bond acceptors (Lipinski definition) is 4. The van der Waals surface area contributed by atoms with Gasteiger partial charge in [0.1, 0.15) is 11.5 Å². The lowest BCUT2D eigenvalue weighted by Crippen LogP contribution is -2.14. The first-order chi connectivity index (χ1) is 12.0. The van der Waals surface area contributed by atoms with Crippen molar-refractivity contribution >= 4 is 57.9 Å². The molecule has 0 radical (unpaired) electrons. The van der Waals surface area contributed by atoms with Crippen LogP contribution in [0, 0.1) is 0 Å². The molecule has 0 atom stereocenters. The van der Waals surface area contributed by atoms with E-state index in [0.717, 1.165) is 0 Å². The van der Waals surface area contributed by atoms with Crippen molar-refractivity contribution in [3.05, 3.63) is 75.6 Å². The topological polar surface area (TPSA) is 66.9 Å². The van der Waals surface area contributed by atoms with Crippen LogP contribution in [0.1, 0.15) is 10.5 Å². The highest BCUT2D eigenvalue weighted by Crippen LogP contribution is 2.26. The molecule has 3 rings (SSSR count). The summed E-state index contributed by atoms with van der Waals surface area (Å²) in [7, 11) is 0. The van der Waals surface area contributed by atoms with E-state index < -0.39 is 5.91 Å². The molecule has 1 amide bonds. The van der Waals surface area contributed by atoms with E-state index in [4.69, 9.17) is 34.8 Å². The van der Waals surface area contributed by atoms with Gasteiger partial charge in [-0.25, -0.2) is 9.97 Å². The normalized spacial score (nSPS) is 10.4. The lowest BCUT2D eigenvalue weighted by molar-refractivity contribution is 0.102. The number of halogens is 3. The van der Waals surface area contributed by atoms with E-state index in [0.29, 0.717) is 32.3 Å². The van der Waals surface area contributed by atoms with Gasteiger partial charge in [0, 0.05) is 5.69 Å². The van der Waals surface area contributed by atoms with Gasteiger partial charge in [0.15, 0.2) is 0 Å². The largest absolute Gasteiger partial charge is 0.339 e. The highest BCUT2D eigenvalue weighted by Gasteiger charge is 2.10. The smallest absolute Gasteiger partial charge is 0.275 e. The van der Waals surface area contributed by atoms with Crippen LogP contribution in [0.4, 0.5) is 17.2 Å². The van der Waals surface area contributed by atoms with Crippen LogP contribution in [-0.4, -0.2) is 15.9 Å². The molecular formula is C17H11Cl3N4O. The van der Waals surface area contributed by atoms with Crippen LogP contribution in [0.2, 0.25) is 15.1 Å². The van der Waals surface area contributed by atoms with E-state index >= 15 is 0 Å². The molecule has 126 valence electrons. The molecule has 5 nitrogen and oxygen atoms in total. The quantitative estimate of drug-likeness (QED) is 0.620. The van der Waals surface area contributed by atoms with Crippen molar-refractivity contribution in [2.24, 2.45) is 0 Å². The average molecular weight is 394 g/mol. The Morgan fingerprint density at radius 2 is 1.68 bits per heavy atom. The third kappa shape index (κ3) is 4.39. The van der Waals surface area contributed by atoms with Gasteiger partial charge in [0.25, 0.3) is 5.91 Å². The van der Waals surface area contributed by atoms with Crippen molar-refractivity contribution in [2.45, 2.75) is 0 Å². The first kappa shape index (κ1) is 17.5. The fourth-order valence-corrected chi connectivity index (χ4v) is 2.46. The van der Waals surface area contributed by atoms with Gasteiger partial charge in [-0.3, -0.25) is 4.79 Å². The number of rotatable bonds is 4. The van der Waals surface area contributed by atoms with Gasteiger partial charge in [-0.1, -0.05) is 46.9 Å². The van der Waals surface area contributed by atoms with Crippen LogP contribution in [0.15, 0.2) is 54.9 Å². The lowest BCUT2D eigenvalue weighted by atomic mass is 10.3. The zero-order valence-corrected chi connectivity index (χ0v) is 14.9. The molecule has 0 aliphatic carbocycles. The van der Waals surface area contributed by atoms with Gasteiger partial charge in [0.05, 0.1) is 33.1 Å². The van der Waals surface area contributed by atoms with Crippen molar-refractivity contribution in [3.63, 3.8) is 0 Å². The van der Waals surface area contributed by atoms with Crippen LogP contribution in [0.25, 0.3) is 0 Å². The number of carbonyl (C=O) groups excluding carboxylic acids is 1. The lowest BCUT2D eigenvalue weighted by Gasteiger charge is -2.08.